The van der Waals surface area contributed by atoms with Gasteiger partial charge in [0.25, 0.3) is 0 Å². The topological polar surface area (TPSA) is 58.3 Å². The van der Waals surface area contributed by atoms with Gasteiger partial charge in [-0.2, -0.15) is 0 Å². The monoisotopic (exact) mass is 256 g/mol. The van der Waals surface area contributed by atoms with Gasteiger partial charge in [0.2, 0.25) is 0 Å². The maximum atomic E-state index is 13.2. The normalized spacial score (nSPS) is 23.9. The number of aliphatic hydroxyl groups is 1. The first-order valence-corrected chi connectivity index (χ1v) is 6.22. The number of hydrogen-bond donors (Lipinski definition) is 3. The molecule has 2 rings (SSSR count). The van der Waals surface area contributed by atoms with E-state index >= 15 is 0 Å². The molecular weight excluding hydrogens is 238 g/mol. The minimum atomic E-state index is -0.739. The maximum absolute atomic E-state index is 13.2. The van der Waals surface area contributed by atoms with Crippen molar-refractivity contribution in [1.82, 2.24) is 0 Å². The summed E-state index contributed by atoms with van der Waals surface area (Å²) >= 11 is 0. The van der Waals surface area contributed by atoms with Crippen molar-refractivity contribution in [2.24, 2.45) is 5.92 Å². The number of aliphatic hydroxyl groups excluding tert-OH is 1. The van der Waals surface area contributed by atoms with E-state index in [0.29, 0.717) is 18.2 Å². The first-order valence-electron chi connectivity index (χ1n) is 6.22. The molecule has 1 aliphatic rings. The Labute approximate surface area is 105 Å². The van der Waals surface area contributed by atoms with Crippen molar-refractivity contribution in [2.75, 3.05) is 17.6 Å². The van der Waals surface area contributed by atoms with Gasteiger partial charge in [-0.3, -0.25) is 0 Å². The van der Waals surface area contributed by atoms with E-state index in [2.05, 4.69) is 5.32 Å². The minimum Gasteiger partial charge on any atom is -0.395 e. The summed E-state index contributed by atoms with van der Waals surface area (Å²) in [6, 6.07) is 1.98. The molecule has 0 atom stereocenters. The number of nitrogens with one attached hydrogen (secondary N) is 1. The summed E-state index contributed by atoms with van der Waals surface area (Å²) in [5.41, 5.74) is 5.80. The Hall–Kier alpha value is -1.36. The highest BCUT2D eigenvalue weighted by atomic mass is 19.1. The van der Waals surface area contributed by atoms with Crippen LogP contribution in [0, 0.1) is 17.6 Å². The zero-order valence-electron chi connectivity index (χ0n) is 10.1. The number of nitrogen functional groups attached to an aromatic ring is 1. The number of anilines is 2. The molecule has 0 aliphatic heterocycles. The standard InChI is InChI=1S/C13H18F2N2O/c14-9-5-11(15)13(16)12(6-9)17-7-8-1-3-10(18)4-2-8/h5-6,8,10,17-18H,1-4,7,16H2. The number of rotatable bonds is 3. The van der Waals surface area contributed by atoms with E-state index in [0.717, 1.165) is 31.7 Å². The molecule has 5 heteroatoms. The molecule has 18 heavy (non-hydrogen) atoms. The molecule has 0 bridgehead atoms. The summed E-state index contributed by atoms with van der Waals surface area (Å²) in [4.78, 5) is 0. The largest absolute Gasteiger partial charge is 0.395 e. The highest BCUT2D eigenvalue weighted by molar-refractivity contribution is 5.66. The van der Waals surface area contributed by atoms with E-state index in [9.17, 15) is 13.9 Å². The second-order valence-corrected chi connectivity index (χ2v) is 4.90. The van der Waals surface area contributed by atoms with Crippen molar-refractivity contribution >= 4 is 11.4 Å². The van der Waals surface area contributed by atoms with Gasteiger partial charge in [0.1, 0.15) is 5.82 Å². The van der Waals surface area contributed by atoms with Gasteiger partial charge in [-0.05, 0) is 37.7 Å². The molecule has 0 saturated heterocycles. The predicted octanol–water partition coefficient (Wildman–Crippen LogP) is 2.51. The Morgan fingerprint density at radius 1 is 1.22 bits per heavy atom. The van der Waals surface area contributed by atoms with E-state index in [4.69, 9.17) is 5.73 Å². The minimum absolute atomic E-state index is 0.0488. The van der Waals surface area contributed by atoms with E-state index < -0.39 is 11.6 Å². The summed E-state index contributed by atoms with van der Waals surface area (Å²) in [5, 5.41) is 12.4. The van der Waals surface area contributed by atoms with Crippen LogP contribution in [-0.4, -0.2) is 17.8 Å². The molecule has 0 amide bonds. The molecule has 1 saturated carbocycles. The van der Waals surface area contributed by atoms with Crippen molar-refractivity contribution in [1.29, 1.82) is 0 Å². The summed E-state index contributed by atoms with van der Waals surface area (Å²) in [5.74, 6) is -0.959. The van der Waals surface area contributed by atoms with Crippen LogP contribution >= 0.6 is 0 Å². The van der Waals surface area contributed by atoms with E-state index in [-0.39, 0.29) is 11.8 Å². The quantitative estimate of drug-likeness (QED) is 0.728. The molecule has 1 fully saturated rings. The third-order valence-electron chi connectivity index (χ3n) is 3.49. The lowest BCUT2D eigenvalue weighted by atomic mass is 9.87. The lowest BCUT2D eigenvalue weighted by Crippen LogP contribution is -2.23. The van der Waals surface area contributed by atoms with Crippen LogP contribution < -0.4 is 11.1 Å². The number of nitrogens with two attached hydrogens (primary N) is 1. The van der Waals surface area contributed by atoms with Gasteiger partial charge in [-0.25, -0.2) is 8.78 Å². The fourth-order valence-electron chi connectivity index (χ4n) is 2.33. The lowest BCUT2D eigenvalue weighted by molar-refractivity contribution is 0.111. The lowest BCUT2D eigenvalue weighted by Gasteiger charge is -2.26. The fourth-order valence-corrected chi connectivity index (χ4v) is 2.33. The van der Waals surface area contributed by atoms with Crippen molar-refractivity contribution in [3.05, 3.63) is 23.8 Å². The average molecular weight is 256 g/mol. The zero-order chi connectivity index (χ0) is 13.1. The van der Waals surface area contributed by atoms with Crippen molar-refractivity contribution in [2.45, 2.75) is 31.8 Å². The number of halogens is 2. The van der Waals surface area contributed by atoms with Crippen LogP contribution in [0.5, 0.6) is 0 Å². The first kappa shape index (κ1) is 13.1. The Balaban J connectivity index is 1.94. The van der Waals surface area contributed by atoms with Gasteiger partial charge >= 0.3 is 0 Å². The van der Waals surface area contributed by atoms with Gasteiger partial charge in [0, 0.05) is 12.6 Å². The van der Waals surface area contributed by atoms with Crippen LogP contribution in [0.25, 0.3) is 0 Å². The highest BCUT2D eigenvalue weighted by Gasteiger charge is 2.19. The summed E-state index contributed by atoms with van der Waals surface area (Å²) < 4.78 is 26.3. The second-order valence-electron chi connectivity index (χ2n) is 4.90. The van der Waals surface area contributed by atoms with Gasteiger partial charge in [0.15, 0.2) is 5.82 Å². The molecule has 0 unspecified atom stereocenters. The van der Waals surface area contributed by atoms with E-state index in [1.165, 1.54) is 6.07 Å². The Kier molecular flexibility index (Phi) is 4.01. The van der Waals surface area contributed by atoms with Crippen LogP contribution in [0.15, 0.2) is 12.1 Å². The van der Waals surface area contributed by atoms with E-state index in [1.54, 1.807) is 0 Å². The predicted molar refractivity (Wildman–Crippen MR) is 67.2 cm³/mol. The van der Waals surface area contributed by atoms with E-state index in [1.807, 2.05) is 0 Å². The molecule has 1 aromatic rings. The summed E-state index contributed by atoms with van der Waals surface area (Å²) in [7, 11) is 0. The molecular formula is C13H18F2N2O. The molecule has 0 radical (unpaired) electrons. The van der Waals surface area contributed by atoms with Gasteiger partial charge in [-0.15, -0.1) is 0 Å². The molecule has 1 aliphatic carbocycles. The number of benzene rings is 1. The highest BCUT2D eigenvalue weighted by Crippen LogP contribution is 2.27. The first-order chi connectivity index (χ1) is 8.56. The van der Waals surface area contributed by atoms with Crippen LogP contribution in [0.4, 0.5) is 20.2 Å². The molecule has 100 valence electrons. The van der Waals surface area contributed by atoms with Crippen molar-refractivity contribution in [3.8, 4) is 0 Å². The zero-order valence-corrected chi connectivity index (χ0v) is 10.1. The Morgan fingerprint density at radius 3 is 2.56 bits per heavy atom. The molecule has 0 aromatic heterocycles. The van der Waals surface area contributed by atoms with Crippen molar-refractivity contribution < 1.29 is 13.9 Å². The van der Waals surface area contributed by atoms with Crippen LogP contribution in [0.2, 0.25) is 0 Å². The average Bonchev–Trinajstić information content (AvgIpc) is 2.34. The van der Waals surface area contributed by atoms with Crippen LogP contribution in [-0.2, 0) is 0 Å². The smallest absolute Gasteiger partial charge is 0.151 e. The summed E-state index contributed by atoms with van der Waals surface area (Å²) in [6.07, 6.45) is 3.23. The third kappa shape index (κ3) is 3.10. The molecule has 3 nitrogen and oxygen atoms in total. The van der Waals surface area contributed by atoms with Crippen molar-refractivity contribution in [3.63, 3.8) is 0 Å². The maximum Gasteiger partial charge on any atom is 0.151 e. The van der Waals surface area contributed by atoms with Crippen LogP contribution in [0.3, 0.4) is 0 Å². The third-order valence-corrected chi connectivity index (χ3v) is 3.49. The molecule has 0 spiro atoms. The Morgan fingerprint density at radius 2 is 1.89 bits per heavy atom. The molecule has 0 heterocycles. The van der Waals surface area contributed by atoms with Crippen LogP contribution in [0.1, 0.15) is 25.7 Å². The summed E-state index contributed by atoms with van der Waals surface area (Å²) in [6.45, 7) is 0.625. The SMILES string of the molecule is Nc1c(F)cc(F)cc1NCC1CCC(O)CC1. The number of hydrogen-bond acceptors (Lipinski definition) is 3. The molecule has 4 N–H and O–H groups in total. The van der Waals surface area contributed by atoms with Gasteiger partial charge in [0.05, 0.1) is 17.5 Å². The second kappa shape index (κ2) is 5.52. The van der Waals surface area contributed by atoms with Gasteiger partial charge < -0.3 is 16.2 Å². The van der Waals surface area contributed by atoms with Gasteiger partial charge in [-0.1, -0.05) is 0 Å². The molecule has 1 aromatic carbocycles. The fraction of sp³-hybridized carbons (Fsp3) is 0.538. The Bertz CT molecular complexity index is 418.